The van der Waals surface area contributed by atoms with Crippen LogP contribution in [0.25, 0.3) is 16.5 Å². The zero-order valence-electron chi connectivity index (χ0n) is 16.7. The molecule has 0 saturated heterocycles. The van der Waals surface area contributed by atoms with Crippen LogP contribution in [0, 0.1) is 0 Å². The molecule has 3 nitrogen and oxygen atoms in total. The van der Waals surface area contributed by atoms with Gasteiger partial charge in [0.15, 0.2) is 0 Å². The Bertz CT molecular complexity index is 1040. The van der Waals surface area contributed by atoms with E-state index in [4.69, 9.17) is 0 Å². The van der Waals surface area contributed by atoms with Gasteiger partial charge in [-0.15, -0.1) is 0 Å². The van der Waals surface area contributed by atoms with E-state index in [1.807, 2.05) is 25.3 Å². The standard InChI is InChI=1S/C25H26FN3/c1-27-21-8-4-2-3-6-18(10-12-21)19-7-5-9-23(26)22(13-11-19)24-16-20-14-15-28-17-25(20)29-24/h3,6,9-17,27,29H,2,4-5,7-8H2,1H3/b6-3-,18-10+,19-11-,21-12+,22-13+,23-9+. The van der Waals surface area contributed by atoms with Crippen molar-refractivity contribution in [3.05, 3.63) is 95.4 Å². The van der Waals surface area contributed by atoms with Gasteiger partial charge >= 0.3 is 0 Å². The highest BCUT2D eigenvalue weighted by molar-refractivity contribution is 5.87. The molecular formula is C25H26FN3. The van der Waals surface area contributed by atoms with Crippen molar-refractivity contribution >= 4 is 16.5 Å². The number of halogens is 1. The molecule has 4 rings (SSSR count). The van der Waals surface area contributed by atoms with Crippen molar-refractivity contribution in [3.63, 3.8) is 0 Å². The lowest BCUT2D eigenvalue weighted by Crippen LogP contribution is -2.04. The van der Waals surface area contributed by atoms with E-state index in [2.05, 4.69) is 45.7 Å². The molecule has 0 aromatic carbocycles. The third-order valence-electron chi connectivity index (χ3n) is 5.43. The summed E-state index contributed by atoms with van der Waals surface area (Å²) in [6.07, 6.45) is 22.7. The largest absolute Gasteiger partial charge is 0.391 e. The molecule has 0 saturated carbocycles. The van der Waals surface area contributed by atoms with E-state index in [1.54, 1.807) is 18.5 Å². The van der Waals surface area contributed by atoms with Gasteiger partial charge in [-0.05, 0) is 73.6 Å². The van der Waals surface area contributed by atoms with Crippen LogP contribution in [0.3, 0.4) is 0 Å². The zero-order chi connectivity index (χ0) is 20.1. The van der Waals surface area contributed by atoms with Crippen LogP contribution in [0.4, 0.5) is 4.39 Å². The molecule has 2 aliphatic rings. The molecule has 148 valence electrons. The van der Waals surface area contributed by atoms with Gasteiger partial charge in [-0.1, -0.05) is 24.3 Å². The van der Waals surface area contributed by atoms with Gasteiger partial charge in [0.25, 0.3) is 0 Å². The third kappa shape index (κ3) is 4.48. The van der Waals surface area contributed by atoms with E-state index >= 15 is 0 Å². The zero-order valence-corrected chi connectivity index (χ0v) is 16.7. The quantitative estimate of drug-likeness (QED) is 0.650. The molecule has 0 radical (unpaired) electrons. The SMILES string of the molecule is CN/C1=C/C=C(/C2=C\C=C(c3cc4ccncc4[nH]3)/C(F)=C\CC2)\C=C/CCC1. The van der Waals surface area contributed by atoms with Gasteiger partial charge in [0.2, 0.25) is 0 Å². The molecule has 0 fully saturated rings. The summed E-state index contributed by atoms with van der Waals surface area (Å²) in [6, 6.07) is 3.91. The molecule has 0 aliphatic heterocycles. The van der Waals surface area contributed by atoms with Crippen LogP contribution < -0.4 is 5.32 Å². The highest BCUT2D eigenvalue weighted by Gasteiger charge is 2.13. The van der Waals surface area contributed by atoms with Crippen LogP contribution in [0.5, 0.6) is 0 Å². The van der Waals surface area contributed by atoms with Crippen molar-refractivity contribution in [1.82, 2.24) is 15.3 Å². The van der Waals surface area contributed by atoms with Gasteiger partial charge in [0.05, 0.1) is 11.7 Å². The predicted octanol–water partition coefficient (Wildman–Crippen LogP) is 6.29. The second-order valence-corrected chi connectivity index (χ2v) is 7.37. The topological polar surface area (TPSA) is 40.7 Å². The number of aromatic amines is 1. The summed E-state index contributed by atoms with van der Waals surface area (Å²) in [5.41, 5.74) is 5.91. The monoisotopic (exact) mass is 387 g/mol. The first-order valence-electron chi connectivity index (χ1n) is 10.2. The van der Waals surface area contributed by atoms with E-state index in [1.165, 1.54) is 16.8 Å². The smallest absolute Gasteiger partial charge is 0.128 e. The van der Waals surface area contributed by atoms with Crippen LogP contribution in [0.2, 0.25) is 0 Å². The third-order valence-corrected chi connectivity index (χ3v) is 5.43. The van der Waals surface area contributed by atoms with Crippen molar-refractivity contribution in [2.45, 2.75) is 32.1 Å². The number of fused-ring (bicyclic) bond motifs is 1. The lowest BCUT2D eigenvalue weighted by atomic mass is 9.95. The normalized spacial score (nSPS) is 28.3. The number of nitrogens with zero attached hydrogens (tertiary/aromatic N) is 1. The van der Waals surface area contributed by atoms with Crippen molar-refractivity contribution in [2.75, 3.05) is 7.05 Å². The number of hydrogen-bond acceptors (Lipinski definition) is 2. The number of allylic oxidation sites excluding steroid dienone is 12. The van der Waals surface area contributed by atoms with Gasteiger partial charge in [-0.3, -0.25) is 4.98 Å². The van der Waals surface area contributed by atoms with Crippen LogP contribution >= 0.6 is 0 Å². The van der Waals surface area contributed by atoms with Crippen LogP contribution in [-0.4, -0.2) is 17.0 Å². The van der Waals surface area contributed by atoms with Crippen molar-refractivity contribution in [1.29, 1.82) is 0 Å². The van der Waals surface area contributed by atoms with E-state index in [9.17, 15) is 4.39 Å². The van der Waals surface area contributed by atoms with Crippen molar-refractivity contribution in [2.24, 2.45) is 0 Å². The Hall–Kier alpha value is -3.14. The number of nitrogens with one attached hydrogen (secondary N) is 2. The molecule has 2 aromatic heterocycles. The molecule has 2 aliphatic carbocycles. The summed E-state index contributed by atoms with van der Waals surface area (Å²) in [4.78, 5) is 7.43. The summed E-state index contributed by atoms with van der Waals surface area (Å²) >= 11 is 0. The van der Waals surface area contributed by atoms with E-state index in [-0.39, 0.29) is 5.83 Å². The number of aromatic nitrogens is 2. The van der Waals surface area contributed by atoms with E-state index in [0.717, 1.165) is 42.3 Å². The fraction of sp³-hybridized carbons (Fsp3) is 0.240. The second kappa shape index (κ2) is 8.91. The second-order valence-electron chi connectivity index (χ2n) is 7.37. The molecule has 0 unspecified atom stereocenters. The van der Waals surface area contributed by atoms with Crippen molar-refractivity contribution in [3.8, 4) is 0 Å². The fourth-order valence-electron chi connectivity index (χ4n) is 3.76. The Balaban J connectivity index is 1.73. The first-order valence-corrected chi connectivity index (χ1v) is 10.2. The van der Waals surface area contributed by atoms with Crippen LogP contribution in [0.15, 0.2) is 89.7 Å². The van der Waals surface area contributed by atoms with Gasteiger partial charge < -0.3 is 10.3 Å². The summed E-state index contributed by atoms with van der Waals surface area (Å²) in [5.74, 6) is -0.184. The summed E-state index contributed by atoms with van der Waals surface area (Å²) in [6.45, 7) is 0. The van der Waals surface area contributed by atoms with Gasteiger partial charge in [0, 0.05) is 35.6 Å². The molecule has 2 N–H and O–H groups in total. The van der Waals surface area contributed by atoms with Gasteiger partial charge in [-0.25, -0.2) is 4.39 Å². The lowest BCUT2D eigenvalue weighted by molar-refractivity contribution is 0.664. The Morgan fingerprint density at radius 2 is 2.03 bits per heavy atom. The molecule has 0 bridgehead atoms. The molecule has 4 heteroatoms. The molecule has 0 atom stereocenters. The number of pyridine rings is 1. The molecule has 2 heterocycles. The number of H-pyrrole nitrogens is 1. The summed E-state index contributed by atoms with van der Waals surface area (Å²) in [7, 11) is 1.97. The summed E-state index contributed by atoms with van der Waals surface area (Å²) < 4.78 is 14.8. The Labute approximate surface area is 171 Å². The maximum absolute atomic E-state index is 14.8. The van der Waals surface area contributed by atoms with Crippen LogP contribution in [0.1, 0.15) is 37.8 Å². The van der Waals surface area contributed by atoms with Crippen LogP contribution in [-0.2, 0) is 0 Å². The number of hydrogen-bond donors (Lipinski definition) is 2. The first-order chi connectivity index (χ1) is 14.2. The Morgan fingerprint density at radius 3 is 2.90 bits per heavy atom. The minimum Gasteiger partial charge on any atom is -0.391 e. The minimum atomic E-state index is -0.184. The Morgan fingerprint density at radius 1 is 1.10 bits per heavy atom. The highest BCUT2D eigenvalue weighted by atomic mass is 19.1. The average molecular weight is 388 g/mol. The van der Waals surface area contributed by atoms with Gasteiger partial charge in [-0.2, -0.15) is 0 Å². The maximum atomic E-state index is 14.8. The molecule has 0 spiro atoms. The molecular weight excluding hydrogens is 361 g/mol. The maximum Gasteiger partial charge on any atom is 0.128 e. The minimum absolute atomic E-state index is 0.184. The summed E-state index contributed by atoms with van der Waals surface area (Å²) in [5, 5.41) is 4.31. The van der Waals surface area contributed by atoms with E-state index < -0.39 is 0 Å². The molecule has 2 aromatic rings. The first kappa shape index (κ1) is 19.2. The predicted molar refractivity (Wildman–Crippen MR) is 119 cm³/mol. The lowest BCUT2D eigenvalue weighted by Gasteiger charge is -2.11. The molecule has 0 amide bonds. The molecule has 29 heavy (non-hydrogen) atoms. The fourth-order valence-corrected chi connectivity index (χ4v) is 3.76. The van der Waals surface area contributed by atoms with Crippen molar-refractivity contribution < 1.29 is 4.39 Å². The van der Waals surface area contributed by atoms with Gasteiger partial charge in [0.1, 0.15) is 5.83 Å². The Kier molecular flexibility index (Phi) is 5.89. The highest BCUT2D eigenvalue weighted by Crippen LogP contribution is 2.31. The number of rotatable bonds is 3. The van der Waals surface area contributed by atoms with E-state index in [0.29, 0.717) is 12.0 Å². The average Bonchev–Trinajstić information content (AvgIpc) is 3.18.